The topological polar surface area (TPSA) is 171 Å². The average Bonchev–Trinajstić information content (AvgIpc) is 2.10. The van der Waals surface area contributed by atoms with Crippen LogP contribution in [0.3, 0.4) is 0 Å². The summed E-state index contributed by atoms with van der Waals surface area (Å²) in [6.45, 7) is 2.00. The fraction of sp³-hybridized carbons (Fsp3) is 0.500. The Kier molecular flexibility index (Phi) is 45.1. The summed E-state index contributed by atoms with van der Waals surface area (Å²) in [5, 5.41) is 23.0. The Morgan fingerprint density at radius 2 is 1.53 bits per heavy atom. The van der Waals surface area contributed by atoms with Crippen molar-refractivity contribution in [2.75, 3.05) is 7.11 Å². The molecule has 1 unspecified atom stereocenters. The van der Waals surface area contributed by atoms with Crippen LogP contribution in [0.5, 0.6) is 0 Å². The molecule has 0 aliphatic rings. The van der Waals surface area contributed by atoms with E-state index < -0.39 is 24.4 Å². The van der Waals surface area contributed by atoms with Gasteiger partial charge in [0.15, 0.2) is 0 Å². The van der Waals surface area contributed by atoms with Crippen LogP contribution in [-0.4, -0.2) is 47.2 Å². The monoisotopic (exact) mass is 278 g/mol. The third kappa shape index (κ3) is 32.0. The molecule has 0 spiro atoms. The van der Waals surface area contributed by atoms with Gasteiger partial charge in [0.2, 0.25) is 0 Å². The van der Waals surface area contributed by atoms with Gasteiger partial charge >= 0.3 is 11.9 Å². The molecule has 9 heteroatoms. The molecule has 0 amide bonds. The molecule has 0 rings (SSSR count). The third-order valence-electron chi connectivity index (χ3n) is 0.712. The van der Waals surface area contributed by atoms with Gasteiger partial charge in [0.05, 0.1) is 6.42 Å². The van der Waals surface area contributed by atoms with Gasteiger partial charge in [-0.1, -0.05) is 0 Å². The summed E-state index contributed by atoms with van der Waals surface area (Å²) < 4.78 is 0. The molecular formula is C6H16NO7Zn+. The predicted octanol–water partition coefficient (Wildman–Crippen LogP) is -2.63. The summed E-state index contributed by atoms with van der Waals surface area (Å²) in [5.74, 6) is -2.50. The fourth-order valence-electron chi connectivity index (χ4n) is 0.275. The first kappa shape index (κ1) is 29.2. The zero-order valence-electron chi connectivity index (χ0n) is 8.42. The van der Waals surface area contributed by atoms with Gasteiger partial charge in [0.25, 0.3) is 0 Å². The minimum Gasteiger partial charge on any atom is -0.481 e. The molecule has 0 aromatic heterocycles. The average molecular weight is 280 g/mol. The summed E-state index contributed by atoms with van der Waals surface area (Å²) in [7, 11) is 1.00. The molecule has 0 saturated carbocycles. The van der Waals surface area contributed by atoms with E-state index in [1.807, 2.05) is 6.79 Å². The van der Waals surface area contributed by atoms with Crippen LogP contribution < -0.4 is 5.73 Å². The molecule has 88 valence electrons. The third-order valence-corrected chi connectivity index (χ3v) is 0.712. The number of hydrogen-bond acceptors (Lipinski definition) is 5. The maximum atomic E-state index is 9.85. The summed E-state index contributed by atoms with van der Waals surface area (Å²) in [4.78, 5) is 27.6. The van der Waals surface area contributed by atoms with Crippen molar-refractivity contribution in [3.63, 3.8) is 0 Å². The van der Waals surface area contributed by atoms with E-state index >= 15 is 0 Å². The SMILES string of the molecule is C=O.CO.NC(CC(=O)O)C(=O)O.[OH3+].[Zn]. The minimum atomic E-state index is -1.29. The number of rotatable bonds is 3. The molecule has 8 nitrogen and oxygen atoms in total. The molecule has 0 radical (unpaired) electrons. The maximum Gasteiger partial charge on any atom is 0.321 e. The van der Waals surface area contributed by atoms with E-state index in [1.165, 1.54) is 0 Å². The predicted molar refractivity (Wildman–Crippen MR) is 48.0 cm³/mol. The van der Waals surface area contributed by atoms with E-state index in [2.05, 4.69) is 0 Å². The standard InChI is InChI=1S/C4H7NO4.CH4O.CH2O.H2O.Zn/c5-2(4(8)9)1-3(6)7;2*1-2;;/h2H,1,5H2,(H,6,7)(H,8,9);2H,1H3;1H2;1H2;/p+1. The van der Waals surface area contributed by atoms with Crippen LogP contribution in [0.4, 0.5) is 0 Å². The first-order chi connectivity index (χ1) is 6.04. The van der Waals surface area contributed by atoms with Gasteiger partial charge in [-0.15, -0.1) is 0 Å². The Hall–Kier alpha value is -0.887. The van der Waals surface area contributed by atoms with Gasteiger partial charge in [-0.05, 0) is 0 Å². The molecule has 0 aromatic carbocycles. The fourth-order valence-corrected chi connectivity index (χ4v) is 0.275. The number of carboxylic acids is 2. The van der Waals surface area contributed by atoms with Gasteiger partial charge in [-0.25, -0.2) is 0 Å². The zero-order valence-corrected chi connectivity index (χ0v) is 11.4. The number of aliphatic hydroxyl groups is 1. The molecule has 8 N–H and O–H groups in total. The Morgan fingerprint density at radius 1 is 1.27 bits per heavy atom. The van der Waals surface area contributed by atoms with Gasteiger partial charge in [-0.2, -0.15) is 0 Å². The Labute approximate surface area is 99.1 Å². The van der Waals surface area contributed by atoms with Crippen molar-refractivity contribution in [2.24, 2.45) is 5.73 Å². The molecule has 0 fully saturated rings. The van der Waals surface area contributed by atoms with Gasteiger partial charge < -0.3 is 31.3 Å². The van der Waals surface area contributed by atoms with Crippen LogP contribution in [0.2, 0.25) is 0 Å². The second-order valence-electron chi connectivity index (χ2n) is 1.54. The second-order valence-corrected chi connectivity index (χ2v) is 1.54. The van der Waals surface area contributed by atoms with Crippen LogP contribution in [0.15, 0.2) is 0 Å². The molecule has 1 atom stereocenters. The Morgan fingerprint density at radius 3 is 1.60 bits per heavy atom. The minimum absolute atomic E-state index is 0. The number of nitrogens with two attached hydrogens (primary N) is 1. The van der Waals surface area contributed by atoms with Gasteiger partial charge in [0, 0.05) is 26.6 Å². The van der Waals surface area contributed by atoms with Crippen LogP contribution >= 0.6 is 0 Å². The quantitative estimate of drug-likeness (QED) is 0.323. The molecule has 0 bridgehead atoms. The van der Waals surface area contributed by atoms with Crippen molar-refractivity contribution < 1.29 is 54.7 Å². The number of aliphatic hydroxyl groups excluding tert-OH is 1. The van der Waals surface area contributed by atoms with Crippen molar-refractivity contribution in [2.45, 2.75) is 12.5 Å². The molecule has 0 aliphatic carbocycles. The smallest absolute Gasteiger partial charge is 0.321 e. The first-order valence-electron chi connectivity index (χ1n) is 2.98. The summed E-state index contributed by atoms with van der Waals surface area (Å²) in [6.07, 6.45) is -0.532. The Bertz CT molecular complexity index is 154. The molecule has 0 aromatic rings. The maximum absolute atomic E-state index is 9.85. The molecule has 15 heavy (non-hydrogen) atoms. The molecule has 0 heterocycles. The van der Waals surface area contributed by atoms with E-state index in [-0.39, 0.29) is 25.0 Å². The van der Waals surface area contributed by atoms with Crippen LogP contribution in [0.25, 0.3) is 0 Å². The zero-order chi connectivity index (χ0) is 11.4. The Balaban J connectivity index is -0.0000000496. The molecule has 0 aliphatic heterocycles. The van der Waals surface area contributed by atoms with E-state index in [0.717, 1.165) is 7.11 Å². The van der Waals surface area contributed by atoms with Crippen molar-refractivity contribution in [1.29, 1.82) is 0 Å². The van der Waals surface area contributed by atoms with Crippen LogP contribution in [-0.2, 0) is 39.3 Å². The summed E-state index contributed by atoms with van der Waals surface area (Å²) >= 11 is 0. The number of carbonyl (C=O) groups excluding carboxylic acids is 1. The number of hydrogen-bond donors (Lipinski definition) is 4. The largest absolute Gasteiger partial charge is 0.481 e. The summed E-state index contributed by atoms with van der Waals surface area (Å²) in [6, 6.07) is -1.29. The number of carboxylic acid groups (broad SMARTS) is 2. The van der Waals surface area contributed by atoms with E-state index in [9.17, 15) is 9.59 Å². The van der Waals surface area contributed by atoms with E-state index in [4.69, 9.17) is 25.8 Å². The van der Waals surface area contributed by atoms with Crippen LogP contribution in [0, 0.1) is 0 Å². The first-order valence-corrected chi connectivity index (χ1v) is 2.98. The van der Waals surface area contributed by atoms with Crippen LogP contribution in [0.1, 0.15) is 6.42 Å². The molecular weight excluding hydrogens is 263 g/mol. The number of aliphatic carboxylic acids is 2. The van der Waals surface area contributed by atoms with Gasteiger partial charge in [0.1, 0.15) is 12.8 Å². The van der Waals surface area contributed by atoms with Crippen molar-refractivity contribution >= 4 is 18.7 Å². The second kappa shape index (κ2) is 23.2. The molecule has 0 saturated heterocycles. The van der Waals surface area contributed by atoms with Crippen molar-refractivity contribution in [3.05, 3.63) is 0 Å². The number of carbonyl (C=O) groups is 3. The van der Waals surface area contributed by atoms with Gasteiger partial charge in [-0.3, -0.25) is 9.59 Å². The van der Waals surface area contributed by atoms with Crippen molar-refractivity contribution in [3.8, 4) is 0 Å². The van der Waals surface area contributed by atoms with E-state index in [0.29, 0.717) is 0 Å². The van der Waals surface area contributed by atoms with E-state index in [1.54, 1.807) is 0 Å². The normalized spacial score (nSPS) is 8.20. The van der Waals surface area contributed by atoms with Crippen molar-refractivity contribution in [1.82, 2.24) is 0 Å². The summed E-state index contributed by atoms with van der Waals surface area (Å²) in [5.41, 5.74) is 4.84.